The van der Waals surface area contributed by atoms with Gasteiger partial charge in [0, 0.05) is 12.1 Å². The second-order valence-corrected chi connectivity index (χ2v) is 7.07. The predicted molar refractivity (Wildman–Crippen MR) is 110 cm³/mol. The standard InChI is InChI=1S/C22H25N3O5/c1-15-19(20(25-30-15)17-10-6-3-7-11-17)21(27)29-14-18(26)24-22(28)23-13-12-16-8-4-2-5-9-16/h3,6-8,10-11H,2,4-5,9,12-14H2,1H3,(H2,23,24,26,28). The van der Waals surface area contributed by atoms with Gasteiger partial charge in [-0.15, -0.1) is 0 Å². The molecular formula is C22H25N3O5. The fraction of sp³-hybridized carbons (Fsp3) is 0.364. The van der Waals surface area contributed by atoms with E-state index in [0.29, 0.717) is 17.8 Å². The molecule has 1 aliphatic rings. The first-order chi connectivity index (χ1) is 14.5. The quantitative estimate of drug-likeness (QED) is 0.533. The topological polar surface area (TPSA) is 111 Å². The summed E-state index contributed by atoms with van der Waals surface area (Å²) in [7, 11) is 0. The van der Waals surface area contributed by atoms with E-state index in [4.69, 9.17) is 9.26 Å². The number of nitrogens with zero attached hydrogens (tertiary/aromatic N) is 1. The Morgan fingerprint density at radius 2 is 1.97 bits per heavy atom. The average molecular weight is 411 g/mol. The number of carbonyl (C=O) groups is 3. The average Bonchev–Trinajstić information content (AvgIpc) is 3.15. The second kappa shape index (κ2) is 10.4. The molecule has 0 radical (unpaired) electrons. The summed E-state index contributed by atoms with van der Waals surface area (Å²) in [5, 5.41) is 8.70. The molecule has 8 nitrogen and oxygen atoms in total. The Kier molecular flexibility index (Phi) is 7.37. The zero-order valence-corrected chi connectivity index (χ0v) is 16.9. The molecule has 0 saturated heterocycles. The van der Waals surface area contributed by atoms with E-state index in [9.17, 15) is 14.4 Å². The molecule has 8 heteroatoms. The fourth-order valence-electron chi connectivity index (χ4n) is 3.28. The van der Waals surface area contributed by atoms with Crippen LogP contribution < -0.4 is 10.6 Å². The van der Waals surface area contributed by atoms with Crippen LogP contribution >= 0.6 is 0 Å². The summed E-state index contributed by atoms with van der Waals surface area (Å²) in [5.41, 5.74) is 2.52. The number of aromatic nitrogens is 1. The number of ether oxygens (including phenoxy) is 1. The molecule has 0 fully saturated rings. The maximum absolute atomic E-state index is 12.4. The van der Waals surface area contributed by atoms with Crippen molar-refractivity contribution in [3.63, 3.8) is 0 Å². The summed E-state index contributed by atoms with van der Waals surface area (Å²) < 4.78 is 10.2. The van der Waals surface area contributed by atoms with Gasteiger partial charge in [0.1, 0.15) is 17.0 Å². The number of hydrogen-bond donors (Lipinski definition) is 2. The smallest absolute Gasteiger partial charge is 0.344 e. The van der Waals surface area contributed by atoms with Crippen LogP contribution in [0.1, 0.15) is 48.2 Å². The molecule has 0 atom stereocenters. The summed E-state index contributed by atoms with van der Waals surface area (Å²) in [6, 6.07) is 8.42. The van der Waals surface area contributed by atoms with Gasteiger partial charge >= 0.3 is 12.0 Å². The van der Waals surface area contributed by atoms with Crippen LogP contribution in [0.4, 0.5) is 4.79 Å². The first-order valence-electron chi connectivity index (χ1n) is 9.99. The van der Waals surface area contributed by atoms with Crippen LogP contribution in [0.15, 0.2) is 46.5 Å². The number of imide groups is 1. The first-order valence-corrected chi connectivity index (χ1v) is 9.99. The van der Waals surface area contributed by atoms with E-state index in [-0.39, 0.29) is 11.3 Å². The van der Waals surface area contributed by atoms with Crippen molar-refractivity contribution >= 4 is 17.9 Å². The van der Waals surface area contributed by atoms with Gasteiger partial charge in [0.15, 0.2) is 6.61 Å². The lowest BCUT2D eigenvalue weighted by Crippen LogP contribution is -2.41. The van der Waals surface area contributed by atoms with Gasteiger partial charge in [-0.3, -0.25) is 10.1 Å². The first kappa shape index (κ1) is 21.3. The zero-order chi connectivity index (χ0) is 21.3. The minimum Gasteiger partial charge on any atom is -0.452 e. The monoisotopic (exact) mass is 411 g/mol. The third-order valence-electron chi connectivity index (χ3n) is 4.82. The maximum atomic E-state index is 12.4. The number of urea groups is 1. The number of esters is 1. The lowest BCUT2D eigenvalue weighted by molar-refractivity contribution is -0.123. The lowest BCUT2D eigenvalue weighted by atomic mass is 9.97. The highest BCUT2D eigenvalue weighted by Gasteiger charge is 2.23. The van der Waals surface area contributed by atoms with Gasteiger partial charge in [-0.2, -0.15) is 0 Å². The largest absolute Gasteiger partial charge is 0.452 e. The molecule has 0 spiro atoms. The van der Waals surface area contributed by atoms with Gasteiger partial charge in [-0.25, -0.2) is 9.59 Å². The Morgan fingerprint density at radius 1 is 1.17 bits per heavy atom. The van der Waals surface area contributed by atoms with Crippen LogP contribution in [0.25, 0.3) is 11.3 Å². The van der Waals surface area contributed by atoms with Crippen LogP contribution in [-0.2, 0) is 9.53 Å². The van der Waals surface area contributed by atoms with Gasteiger partial charge in [0.05, 0.1) is 0 Å². The van der Waals surface area contributed by atoms with Crippen molar-refractivity contribution in [2.24, 2.45) is 0 Å². The van der Waals surface area contributed by atoms with Crippen LogP contribution in [0.5, 0.6) is 0 Å². The molecule has 0 unspecified atom stereocenters. The van der Waals surface area contributed by atoms with Gasteiger partial charge in [-0.1, -0.05) is 47.1 Å². The summed E-state index contributed by atoms with van der Waals surface area (Å²) in [5.74, 6) is -1.17. The van der Waals surface area contributed by atoms with Crippen molar-refractivity contribution in [3.05, 3.63) is 53.3 Å². The molecule has 2 aromatic rings. The molecule has 0 saturated carbocycles. The zero-order valence-electron chi connectivity index (χ0n) is 16.9. The van der Waals surface area contributed by atoms with E-state index in [2.05, 4.69) is 21.9 Å². The van der Waals surface area contributed by atoms with Gasteiger partial charge in [0.2, 0.25) is 0 Å². The Morgan fingerprint density at radius 3 is 2.70 bits per heavy atom. The fourth-order valence-corrected chi connectivity index (χ4v) is 3.28. The van der Waals surface area contributed by atoms with Gasteiger partial charge < -0.3 is 14.6 Å². The summed E-state index contributed by atoms with van der Waals surface area (Å²) in [6.07, 6.45) is 7.52. The third-order valence-corrected chi connectivity index (χ3v) is 4.82. The van der Waals surface area contributed by atoms with E-state index >= 15 is 0 Å². The number of carbonyl (C=O) groups excluding carboxylic acids is 3. The van der Waals surface area contributed by atoms with Crippen molar-refractivity contribution in [1.82, 2.24) is 15.8 Å². The number of allylic oxidation sites excluding steroid dienone is 1. The molecule has 1 aromatic carbocycles. The molecule has 1 aromatic heterocycles. The highest BCUT2D eigenvalue weighted by atomic mass is 16.5. The minimum absolute atomic E-state index is 0.152. The van der Waals surface area contributed by atoms with Gasteiger partial charge in [0.25, 0.3) is 5.91 Å². The molecule has 1 heterocycles. The van der Waals surface area contributed by atoms with Crippen LogP contribution in [0.2, 0.25) is 0 Å². The minimum atomic E-state index is -0.743. The van der Waals surface area contributed by atoms with Crippen molar-refractivity contribution < 1.29 is 23.6 Å². The van der Waals surface area contributed by atoms with Crippen molar-refractivity contribution in [2.45, 2.75) is 39.0 Å². The third kappa shape index (κ3) is 5.79. The van der Waals surface area contributed by atoms with E-state index in [0.717, 1.165) is 19.3 Å². The highest BCUT2D eigenvalue weighted by Crippen LogP contribution is 2.25. The Labute approximate surface area is 174 Å². The normalized spacial score (nSPS) is 13.3. The Hall–Kier alpha value is -3.42. The summed E-state index contributed by atoms with van der Waals surface area (Å²) in [6.45, 7) is 1.45. The van der Waals surface area contributed by atoms with E-state index in [1.165, 1.54) is 18.4 Å². The van der Waals surface area contributed by atoms with Crippen LogP contribution in [-0.4, -0.2) is 36.2 Å². The molecule has 0 bridgehead atoms. The number of hydrogen-bond acceptors (Lipinski definition) is 6. The number of nitrogens with one attached hydrogen (secondary N) is 2. The van der Waals surface area contributed by atoms with Crippen molar-refractivity contribution in [1.29, 1.82) is 0 Å². The Balaban J connectivity index is 1.46. The molecule has 158 valence electrons. The molecule has 2 N–H and O–H groups in total. The molecule has 3 amide bonds. The second-order valence-electron chi connectivity index (χ2n) is 7.07. The Bertz CT molecular complexity index is 934. The van der Waals surface area contributed by atoms with E-state index < -0.39 is 24.5 Å². The predicted octanol–water partition coefficient (Wildman–Crippen LogP) is 3.52. The summed E-state index contributed by atoms with van der Waals surface area (Å²) in [4.78, 5) is 36.2. The van der Waals surface area contributed by atoms with Crippen LogP contribution in [0.3, 0.4) is 0 Å². The van der Waals surface area contributed by atoms with Crippen LogP contribution in [0, 0.1) is 6.92 Å². The molecule has 1 aliphatic carbocycles. The summed E-state index contributed by atoms with van der Waals surface area (Å²) >= 11 is 0. The lowest BCUT2D eigenvalue weighted by Gasteiger charge is -2.13. The van der Waals surface area contributed by atoms with E-state index in [1.54, 1.807) is 19.1 Å². The van der Waals surface area contributed by atoms with E-state index in [1.807, 2.05) is 18.2 Å². The molecule has 3 rings (SSSR count). The van der Waals surface area contributed by atoms with Crippen molar-refractivity contribution in [2.75, 3.05) is 13.2 Å². The molecule has 30 heavy (non-hydrogen) atoms. The number of rotatable bonds is 7. The molecule has 0 aliphatic heterocycles. The van der Waals surface area contributed by atoms with Gasteiger partial charge in [-0.05, 0) is 39.0 Å². The molecular weight excluding hydrogens is 386 g/mol. The van der Waals surface area contributed by atoms with Crippen molar-refractivity contribution in [3.8, 4) is 11.3 Å². The number of benzene rings is 1. The SMILES string of the molecule is Cc1onc(-c2ccccc2)c1C(=O)OCC(=O)NC(=O)NCCC1=CCCCC1. The number of amides is 3. The maximum Gasteiger partial charge on any atom is 0.344 e. The highest BCUT2D eigenvalue weighted by molar-refractivity contribution is 5.99. The number of aryl methyl sites for hydroxylation is 1.